The maximum absolute atomic E-state index is 14.3. The van der Waals surface area contributed by atoms with Crippen molar-refractivity contribution in [3.8, 4) is 17.2 Å². The van der Waals surface area contributed by atoms with Gasteiger partial charge in [0.2, 0.25) is 0 Å². The van der Waals surface area contributed by atoms with E-state index >= 15 is 0 Å². The fourth-order valence-electron chi connectivity index (χ4n) is 3.28. The van der Waals surface area contributed by atoms with Crippen LogP contribution in [0.25, 0.3) is 0 Å². The molecule has 0 aromatic heterocycles. The Bertz CT molecular complexity index is 1270. The molecule has 0 bridgehead atoms. The van der Waals surface area contributed by atoms with Crippen LogP contribution in [-0.4, -0.2) is 48.4 Å². The summed E-state index contributed by atoms with van der Waals surface area (Å²) in [5, 5.41) is 3.23. The summed E-state index contributed by atoms with van der Waals surface area (Å²) in [6, 6.07) is 23.3. The minimum absolute atomic E-state index is 0.146. The number of hydrogen-bond acceptors (Lipinski definition) is 7. The highest BCUT2D eigenvalue weighted by Gasteiger charge is 2.39. The first-order valence-corrected chi connectivity index (χ1v) is 16.8. The van der Waals surface area contributed by atoms with Crippen LogP contribution in [0.5, 0.6) is 17.2 Å². The van der Waals surface area contributed by atoms with Gasteiger partial charge in [0.1, 0.15) is 17.2 Å². The highest BCUT2D eigenvalue weighted by atomic mass is 35.5. The largest absolute Gasteiger partial charge is 0.468 e. The van der Waals surface area contributed by atoms with E-state index < -0.39 is 21.0 Å². The Morgan fingerprint density at radius 1 is 0.825 bits per heavy atom. The Kier molecular flexibility index (Phi) is 12.5. The Labute approximate surface area is 249 Å². The van der Waals surface area contributed by atoms with E-state index in [1.807, 2.05) is 0 Å². The van der Waals surface area contributed by atoms with Crippen molar-refractivity contribution in [2.75, 3.05) is 32.0 Å². The molecule has 40 heavy (non-hydrogen) atoms. The molecule has 2 unspecified atom stereocenters. The van der Waals surface area contributed by atoms with E-state index in [0.29, 0.717) is 16.5 Å². The molecular formula is C26H30Cl3N3O6P2. The van der Waals surface area contributed by atoms with E-state index in [4.69, 9.17) is 53.1 Å². The van der Waals surface area contributed by atoms with Crippen LogP contribution in [0.1, 0.15) is 6.92 Å². The van der Waals surface area contributed by atoms with E-state index in [0.717, 1.165) is 0 Å². The zero-order valence-electron chi connectivity index (χ0n) is 21.9. The molecule has 0 heterocycles. The zero-order valence-corrected chi connectivity index (χ0v) is 25.9. The molecule has 0 saturated heterocycles. The smallest absolute Gasteiger partial charge is 0.455 e. The van der Waals surface area contributed by atoms with Crippen molar-refractivity contribution in [2.24, 2.45) is 4.99 Å². The lowest BCUT2D eigenvalue weighted by molar-refractivity contribution is 0.345. The van der Waals surface area contributed by atoms with Gasteiger partial charge in [0.25, 0.3) is 6.02 Å². The number of hydrogen-bond donors (Lipinski definition) is 1. The first-order valence-electron chi connectivity index (χ1n) is 12.1. The number of amidine groups is 1. The highest BCUT2D eigenvalue weighted by Crippen LogP contribution is 2.54. The third kappa shape index (κ3) is 9.34. The van der Waals surface area contributed by atoms with Gasteiger partial charge in [0.05, 0.1) is 7.11 Å². The summed E-state index contributed by atoms with van der Waals surface area (Å²) in [5.41, 5.74) is 0. The summed E-state index contributed by atoms with van der Waals surface area (Å²) >= 11 is 18.0. The first-order chi connectivity index (χ1) is 19.2. The van der Waals surface area contributed by atoms with Crippen LogP contribution in [0.2, 0.25) is 5.02 Å². The average Bonchev–Trinajstić information content (AvgIpc) is 2.94. The summed E-state index contributed by atoms with van der Waals surface area (Å²) < 4.78 is 52.9. The summed E-state index contributed by atoms with van der Waals surface area (Å²) in [5.74, 6) is 0.0870. The fourth-order valence-corrected chi connectivity index (χ4v) is 7.29. The minimum Gasteiger partial charge on any atom is -0.468 e. The monoisotopic (exact) mass is 647 g/mol. The van der Waals surface area contributed by atoms with Crippen molar-refractivity contribution in [3.05, 3.63) is 90.0 Å². The van der Waals surface area contributed by atoms with Crippen LogP contribution in [0.3, 0.4) is 0 Å². The van der Waals surface area contributed by atoms with Gasteiger partial charge in [-0.1, -0.05) is 48.0 Å². The van der Waals surface area contributed by atoms with Crippen LogP contribution in [0, 0.1) is 0 Å². The molecule has 3 aromatic rings. The fraction of sp³-hybridized carbons (Fsp3) is 0.269. The summed E-state index contributed by atoms with van der Waals surface area (Å²) in [6.45, 7) is 1.88. The normalized spacial score (nSPS) is 14.2. The lowest BCUT2D eigenvalue weighted by atomic mass is 10.3. The molecule has 216 valence electrons. The molecule has 9 nitrogen and oxygen atoms in total. The highest BCUT2D eigenvalue weighted by molar-refractivity contribution is 7.56. The number of para-hydroxylation sites is 2. The van der Waals surface area contributed by atoms with Gasteiger partial charge in [0.15, 0.2) is 5.78 Å². The Morgan fingerprint density at radius 3 is 1.75 bits per heavy atom. The Morgan fingerprint density at radius 2 is 1.30 bits per heavy atom. The van der Waals surface area contributed by atoms with Crippen LogP contribution in [0.4, 0.5) is 0 Å². The van der Waals surface area contributed by atoms with Crippen LogP contribution >= 0.6 is 50.1 Å². The van der Waals surface area contributed by atoms with E-state index in [-0.39, 0.29) is 36.6 Å². The van der Waals surface area contributed by atoms with Crippen molar-refractivity contribution in [3.63, 3.8) is 0 Å². The summed E-state index contributed by atoms with van der Waals surface area (Å²) in [6.07, 6.45) is 0. The molecule has 1 N–H and O–H groups in total. The van der Waals surface area contributed by atoms with Crippen LogP contribution < -0.4 is 18.7 Å². The lowest BCUT2D eigenvalue weighted by Gasteiger charge is -2.31. The van der Waals surface area contributed by atoms with Crippen molar-refractivity contribution in [1.29, 1.82) is 0 Å². The second kappa shape index (κ2) is 15.6. The van der Waals surface area contributed by atoms with E-state index in [1.165, 1.54) is 18.7 Å². The number of rotatable bonds is 14. The van der Waals surface area contributed by atoms with Gasteiger partial charge in [-0.15, -0.1) is 23.2 Å². The van der Waals surface area contributed by atoms with Crippen molar-refractivity contribution in [1.82, 2.24) is 9.76 Å². The lowest BCUT2D eigenvalue weighted by Crippen LogP contribution is -2.37. The quantitative estimate of drug-likeness (QED) is 0.0816. The van der Waals surface area contributed by atoms with E-state index in [1.54, 1.807) is 84.9 Å². The molecule has 0 radical (unpaired) electrons. The summed E-state index contributed by atoms with van der Waals surface area (Å²) in [4.78, 5) is 4.41. The molecule has 0 fully saturated rings. The molecular weight excluding hydrogens is 619 g/mol. The first kappa shape index (κ1) is 32.1. The van der Waals surface area contributed by atoms with Crippen molar-refractivity contribution in [2.45, 2.75) is 12.7 Å². The van der Waals surface area contributed by atoms with Gasteiger partial charge in [-0.05, 0) is 55.5 Å². The number of aliphatic imine (C=N–C) groups is 1. The number of methoxy groups -OCH3 is 1. The number of benzene rings is 3. The third-order valence-electron chi connectivity index (χ3n) is 5.24. The van der Waals surface area contributed by atoms with Crippen molar-refractivity contribution >= 4 is 56.1 Å². The average molecular weight is 649 g/mol. The number of halogens is 3. The molecule has 0 aliphatic heterocycles. The minimum atomic E-state index is -4.02. The SMILES string of the molecule is CO/C(=N\C(C)P(=O)(Oc1ccccc1)Oc1ccccc1)NP(=O)(Oc1ccc(Cl)cc1)N(CCCl)CCCl. The van der Waals surface area contributed by atoms with Gasteiger partial charge in [-0.25, -0.2) is 23.9 Å². The molecule has 0 amide bonds. The second-order valence-electron chi connectivity index (χ2n) is 8.13. The maximum Gasteiger partial charge on any atom is 0.455 e. The predicted molar refractivity (Wildman–Crippen MR) is 161 cm³/mol. The number of ether oxygens (including phenoxy) is 1. The predicted octanol–water partition coefficient (Wildman–Crippen LogP) is 7.90. The van der Waals surface area contributed by atoms with Gasteiger partial charge in [-0.3, -0.25) is 0 Å². The molecule has 0 aliphatic carbocycles. The van der Waals surface area contributed by atoms with Gasteiger partial charge in [0, 0.05) is 29.9 Å². The van der Waals surface area contributed by atoms with Gasteiger partial charge in [-0.2, -0.15) is 0 Å². The van der Waals surface area contributed by atoms with Gasteiger partial charge >= 0.3 is 15.3 Å². The standard InChI is InChI=1S/C26H30Cl3N3O6P2/c1-21(39(33,36-23-9-5-3-6-10-23)37-24-11-7-4-8-12-24)30-26(35-2)31-40(34,32(19-17-27)20-18-28)38-25-15-13-22(29)14-16-25/h3-16,21H,17-20H2,1-2H3,(H,30,31,34). The molecule has 3 aromatic carbocycles. The topological polar surface area (TPSA) is 98.7 Å². The van der Waals surface area contributed by atoms with Gasteiger partial charge < -0.3 is 18.3 Å². The molecule has 0 spiro atoms. The third-order valence-corrected chi connectivity index (χ3v) is 9.87. The maximum atomic E-state index is 14.3. The van der Waals surface area contributed by atoms with Crippen molar-refractivity contribution < 1.29 is 27.4 Å². The number of nitrogens with zero attached hydrogens (tertiary/aromatic N) is 2. The number of alkyl halides is 2. The second-order valence-corrected chi connectivity index (χ2v) is 13.5. The van der Waals surface area contributed by atoms with Crippen LogP contribution in [0.15, 0.2) is 89.9 Å². The summed E-state index contributed by atoms with van der Waals surface area (Å²) in [7, 11) is -6.67. The molecule has 14 heteroatoms. The zero-order chi connectivity index (χ0) is 29.0. The van der Waals surface area contributed by atoms with Crippen LogP contribution in [-0.2, 0) is 13.9 Å². The Hall–Kier alpha value is -2.38. The molecule has 0 saturated carbocycles. The molecule has 0 aliphatic rings. The van der Waals surface area contributed by atoms with E-state index in [9.17, 15) is 9.13 Å². The molecule has 3 rings (SSSR count). The number of nitrogens with one attached hydrogen (secondary N) is 1. The molecule has 2 atom stereocenters. The van der Waals surface area contributed by atoms with E-state index in [2.05, 4.69) is 10.1 Å². The Balaban J connectivity index is 1.97.